The van der Waals surface area contributed by atoms with E-state index in [4.69, 9.17) is 22.1 Å². The Bertz CT molecular complexity index is 929. The summed E-state index contributed by atoms with van der Waals surface area (Å²) in [6, 6.07) is 18.9. The third-order valence-corrected chi connectivity index (χ3v) is 4.03. The van der Waals surface area contributed by atoms with Gasteiger partial charge in [0.05, 0.1) is 12.3 Å². The lowest BCUT2D eigenvalue weighted by Crippen LogP contribution is -2.00. The number of nitrogens with zero attached hydrogens (tertiary/aromatic N) is 2. The lowest BCUT2D eigenvalue weighted by atomic mass is 9.98. The number of aromatic nitrogens is 1. The average molecular weight is 350 g/mol. The van der Waals surface area contributed by atoms with Crippen molar-refractivity contribution < 1.29 is 4.74 Å². The predicted octanol–water partition coefficient (Wildman–Crippen LogP) is 4.92. The highest BCUT2D eigenvalue weighted by atomic mass is 35.5. The molecule has 0 unspecified atom stereocenters. The fraction of sp³-hybridized carbons (Fsp3) is 0.100. The zero-order valence-corrected chi connectivity index (χ0v) is 14.4. The second-order valence-corrected chi connectivity index (χ2v) is 5.83. The first kappa shape index (κ1) is 16.8. The number of nitrogens with two attached hydrogens (primary N) is 1. The van der Waals surface area contributed by atoms with Crippen LogP contribution >= 0.6 is 11.6 Å². The summed E-state index contributed by atoms with van der Waals surface area (Å²) in [5.41, 5.74) is 9.59. The molecule has 3 rings (SSSR count). The van der Waals surface area contributed by atoms with Gasteiger partial charge in [-0.15, -0.1) is 0 Å². The highest BCUT2D eigenvalue weighted by Crippen LogP contribution is 2.32. The van der Waals surface area contributed by atoms with Crippen molar-refractivity contribution in [2.45, 2.75) is 6.92 Å². The lowest BCUT2D eigenvalue weighted by molar-refractivity contribution is 0.340. The van der Waals surface area contributed by atoms with Crippen LogP contribution in [0.1, 0.15) is 12.5 Å². The molecule has 0 saturated heterocycles. The summed E-state index contributed by atoms with van der Waals surface area (Å²) in [4.78, 5) is 4.36. The van der Waals surface area contributed by atoms with E-state index in [0.29, 0.717) is 22.9 Å². The number of benzene rings is 2. The molecule has 2 N–H and O–H groups in total. The van der Waals surface area contributed by atoms with E-state index >= 15 is 0 Å². The minimum absolute atomic E-state index is 0.207. The number of rotatable bonds is 4. The van der Waals surface area contributed by atoms with E-state index in [1.165, 1.54) is 0 Å². The molecular weight excluding hydrogens is 334 g/mol. The molecule has 3 aromatic rings. The maximum Gasteiger partial charge on any atom is 0.142 e. The molecule has 0 fully saturated rings. The van der Waals surface area contributed by atoms with Crippen molar-refractivity contribution in [1.29, 1.82) is 5.26 Å². The molecule has 25 heavy (non-hydrogen) atoms. The maximum atomic E-state index is 9.49. The quantitative estimate of drug-likeness (QED) is 0.725. The van der Waals surface area contributed by atoms with Gasteiger partial charge in [0.15, 0.2) is 0 Å². The van der Waals surface area contributed by atoms with Gasteiger partial charge in [-0.25, -0.2) is 4.98 Å². The number of nitriles is 1. The fourth-order valence-corrected chi connectivity index (χ4v) is 2.70. The van der Waals surface area contributed by atoms with Crippen molar-refractivity contribution >= 4 is 17.4 Å². The van der Waals surface area contributed by atoms with Crippen molar-refractivity contribution in [3.63, 3.8) is 0 Å². The Balaban J connectivity index is 2.11. The molecule has 1 aromatic heterocycles. The maximum absolute atomic E-state index is 9.49. The number of halogens is 1. The molecule has 0 aliphatic rings. The van der Waals surface area contributed by atoms with Gasteiger partial charge >= 0.3 is 0 Å². The minimum Gasteiger partial charge on any atom is -0.494 e. The van der Waals surface area contributed by atoms with E-state index in [2.05, 4.69) is 11.1 Å². The average Bonchev–Trinajstić information content (AvgIpc) is 2.62. The number of hydrogen-bond acceptors (Lipinski definition) is 4. The van der Waals surface area contributed by atoms with Crippen LogP contribution in [0.25, 0.3) is 22.4 Å². The number of pyridine rings is 1. The fourth-order valence-electron chi connectivity index (χ4n) is 2.58. The van der Waals surface area contributed by atoms with Crippen LogP contribution in [0.4, 0.5) is 5.82 Å². The second kappa shape index (κ2) is 7.25. The molecule has 0 aliphatic heterocycles. The third-order valence-electron chi connectivity index (χ3n) is 3.78. The molecule has 124 valence electrons. The van der Waals surface area contributed by atoms with Gasteiger partial charge in [0, 0.05) is 16.1 Å². The topological polar surface area (TPSA) is 71.9 Å². The Labute approximate surface area is 151 Å². The van der Waals surface area contributed by atoms with E-state index in [1.807, 2.05) is 49.4 Å². The van der Waals surface area contributed by atoms with Crippen LogP contribution in [0.3, 0.4) is 0 Å². The van der Waals surface area contributed by atoms with Crippen LogP contribution in [-0.2, 0) is 0 Å². The van der Waals surface area contributed by atoms with Crippen molar-refractivity contribution in [3.05, 3.63) is 65.2 Å². The Hall–Kier alpha value is -3.03. The summed E-state index contributed by atoms with van der Waals surface area (Å²) in [6.07, 6.45) is 0. The van der Waals surface area contributed by atoms with E-state index in [-0.39, 0.29) is 5.82 Å². The van der Waals surface area contributed by atoms with Gasteiger partial charge < -0.3 is 10.5 Å². The Morgan fingerprint density at radius 1 is 1.08 bits per heavy atom. The van der Waals surface area contributed by atoms with Crippen molar-refractivity contribution in [1.82, 2.24) is 4.98 Å². The Morgan fingerprint density at radius 2 is 1.72 bits per heavy atom. The molecule has 0 radical (unpaired) electrons. The van der Waals surface area contributed by atoms with Gasteiger partial charge in [0.25, 0.3) is 0 Å². The van der Waals surface area contributed by atoms with Crippen LogP contribution < -0.4 is 10.5 Å². The van der Waals surface area contributed by atoms with Crippen LogP contribution in [0, 0.1) is 11.3 Å². The highest BCUT2D eigenvalue weighted by Gasteiger charge is 2.13. The summed E-state index contributed by atoms with van der Waals surface area (Å²) >= 11 is 5.95. The number of anilines is 1. The summed E-state index contributed by atoms with van der Waals surface area (Å²) < 4.78 is 5.47. The predicted molar refractivity (Wildman–Crippen MR) is 100 cm³/mol. The first-order valence-electron chi connectivity index (χ1n) is 7.82. The van der Waals surface area contributed by atoms with Crippen molar-refractivity contribution in [3.8, 4) is 34.2 Å². The first-order valence-corrected chi connectivity index (χ1v) is 8.20. The van der Waals surface area contributed by atoms with Gasteiger partial charge in [-0.1, -0.05) is 35.9 Å². The molecule has 4 nitrogen and oxygen atoms in total. The smallest absolute Gasteiger partial charge is 0.142 e. The van der Waals surface area contributed by atoms with Gasteiger partial charge in [-0.2, -0.15) is 5.26 Å². The number of hydrogen-bond donors (Lipinski definition) is 1. The SMILES string of the molecule is CCOc1ccc(-c2cc(-c3ccc(Cl)cc3)nc(N)c2C#N)cc1. The molecule has 2 aromatic carbocycles. The van der Waals surface area contributed by atoms with E-state index in [0.717, 1.165) is 22.4 Å². The van der Waals surface area contributed by atoms with Crippen molar-refractivity contribution in [2.75, 3.05) is 12.3 Å². The van der Waals surface area contributed by atoms with Gasteiger partial charge in [-0.05, 0) is 42.8 Å². The van der Waals surface area contributed by atoms with Crippen LogP contribution in [0.15, 0.2) is 54.6 Å². The zero-order valence-electron chi connectivity index (χ0n) is 13.7. The Morgan fingerprint density at radius 3 is 2.32 bits per heavy atom. The summed E-state index contributed by atoms with van der Waals surface area (Å²) in [5.74, 6) is 0.989. The third kappa shape index (κ3) is 3.57. The van der Waals surface area contributed by atoms with Crippen LogP contribution in [0.5, 0.6) is 5.75 Å². The first-order chi connectivity index (χ1) is 12.1. The summed E-state index contributed by atoms with van der Waals surface area (Å²) in [6.45, 7) is 2.54. The number of nitrogen functional groups attached to an aromatic ring is 1. The van der Waals surface area contributed by atoms with Crippen LogP contribution in [-0.4, -0.2) is 11.6 Å². The number of ether oxygens (including phenoxy) is 1. The summed E-state index contributed by atoms with van der Waals surface area (Å²) in [7, 11) is 0. The van der Waals surface area contributed by atoms with Crippen LogP contribution in [0.2, 0.25) is 5.02 Å². The molecule has 0 bridgehead atoms. The standard InChI is InChI=1S/C20H16ClN3O/c1-2-25-16-9-5-13(6-10-16)17-11-19(24-20(23)18(17)12-22)14-3-7-15(21)8-4-14/h3-11H,2H2,1H3,(H2,23,24). The molecule has 0 atom stereocenters. The molecule has 0 amide bonds. The molecule has 5 heteroatoms. The van der Waals surface area contributed by atoms with E-state index < -0.39 is 0 Å². The molecule has 0 spiro atoms. The van der Waals surface area contributed by atoms with Gasteiger partial charge in [0.1, 0.15) is 23.2 Å². The molecular formula is C20H16ClN3O. The van der Waals surface area contributed by atoms with E-state index in [1.54, 1.807) is 12.1 Å². The monoisotopic (exact) mass is 349 g/mol. The molecule has 0 saturated carbocycles. The summed E-state index contributed by atoms with van der Waals surface area (Å²) in [5, 5.41) is 10.1. The minimum atomic E-state index is 0.207. The Kier molecular flexibility index (Phi) is 4.87. The molecule has 0 aliphatic carbocycles. The van der Waals surface area contributed by atoms with E-state index in [9.17, 15) is 5.26 Å². The second-order valence-electron chi connectivity index (χ2n) is 5.39. The molecule has 1 heterocycles. The van der Waals surface area contributed by atoms with Crippen molar-refractivity contribution in [2.24, 2.45) is 0 Å². The highest BCUT2D eigenvalue weighted by molar-refractivity contribution is 6.30. The largest absolute Gasteiger partial charge is 0.494 e. The zero-order chi connectivity index (χ0) is 17.8. The normalized spacial score (nSPS) is 10.3. The van der Waals surface area contributed by atoms with Gasteiger partial charge in [0.2, 0.25) is 0 Å². The van der Waals surface area contributed by atoms with Gasteiger partial charge in [-0.3, -0.25) is 0 Å². The lowest BCUT2D eigenvalue weighted by Gasteiger charge is -2.11.